The lowest BCUT2D eigenvalue weighted by Gasteiger charge is -2.00. The van der Waals surface area contributed by atoms with Crippen molar-refractivity contribution in [3.05, 3.63) is 24.5 Å². The van der Waals surface area contributed by atoms with E-state index in [0.29, 0.717) is 11.2 Å². The number of aromatic nitrogens is 2. The van der Waals surface area contributed by atoms with Gasteiger partial charge >= 0.3 is 12.0 Å². The average Bonchev–Trinajstić information content (AvgIpc) is 2.78. The van der Waals surface area contributed by atoms with Crippen molar-refractivity contribution >= 4 is 28.7 Å². The number of nitrogens with zero attached hydrogens (tertiary/aromatic N) is 1. The van der Waals surface area contributed by atoms with Crippen molar-refractivity contribution in [3.8, 4) is 0 Å². The molecule has 2 amide bonds. The Hall–Kier alpha value is -2.57. The summed E-state index contributed by atoms with van der Waals surface area (Å²) in [5.41, 5.74) is 7.19. The number of para-hydroxylation sites is 1. The number of aromatic amines is 1. The summed E-state index contributed by atoms with van der Waals surface area (Å²) < 4.78 is 0. The second-order valence-corrected chi connectivity index (χ2v) is 3.34. The van der Waals surface area contributed by atoms with Gasteiger partial charge in [0.05, 0.1) is 17.5 Å². The summed E-state index contributed by atoms with van der Waals surface area (Å²) in [5.74, 6) is -0.745. The minimum absolute atomic E-state index is 0.222. The van der Waals surface area contributed by atoms with E-state index in [1.54, 1.807) is 19.3 Å². The summed E-state index contributed by atoms with van der Waals surface area (Å²) in [6.07, 6.45) is 1.79. The number of nitrogens with two attached hydrogens (primary N) is 1. The number of carboxylic acids is 1. The van der Waals surface area contributed by atoms with Crippen LogP contribution >= 0.6 is 0 Å². The monoisotopic (exact) mass is 250 g/mol. The van der Waals surface area contributed by atoms with E-state index >= 15 is 0 Å². The van der Waals surface area contributed by atoms with E-state index in [1.165, 1.54) is 0 Å². The minimum atomic E-state index is -0.745. The molecule has 7 nitrogen and oxygen atoms in total. The maximum atomic E-state index is 10.6. The molecule has 0 aliphatic heterocycles. The van der Waals surface area contributed by atoms with Crippen LogP contribution in [0.4, 0.5) is 10.5 Å². The zero-order chi connectivity index (χ0) is 13.5. The van der Waals surface area contributed by atoms with Gasteiger partial charge in [0.25, 0.3) is 0 Å². The van der Waals surface area contributed by atoms with Gasteiger partial charge in [0.2, 0.25) is 0 Å². The van der Waals surface area contributed by atoms with Crippen molar-refractivity contribution < 1.29 is 14.7 Å². The third kappa shape index (κ3) is 3.78. The quantitative estimate of drug-likeness (QED) is 0.645. The number of carbonyl (C=O) groups excluding carboxylic acids is 1. The maximum absolute atomic E-state index is 10.6. The van der Waals surface area contributed by atoms with E-state index in [-0.39, 0.29) is 6.42 Å². The molecule has 1 aromatic carbocycles. The minimum Gasteiger partial charge on any atom is -0.481 e. The van der Waals surface area contributed by atoms with Crippen LogP contribution in [0.3, 0.4) is 0 Å². The smallest absolute Gasteiger partial charge is 0.316 e. The van der Waals surface area contributed by atoms with E-state index in [0.717, 1.165) is 5.52 Å². The largest absolute Gasteiger partial charge is 0.481 e. The predicted octanol–water partition coefficient (Wildman–Crippen LogP) is 1.53. The van der Waals surface area contributed by atoms with E-state index in [4.69, 9.17) is 10.8 Å². The Morgan fingerprint density at radius 2 is 2.17 bits per heavy atom. The molecule has 0 spiro atoms. The number of amides is 2. The van der Waals surface area contributed by atoms with Crippen LogP contribution < -0.4 is 11.1 Å². The Balaban J connectivity index is 0.000000280. The summed E-state index contributed by atoms with van der Waals surface area (Å²) in [6, 6.07) is 4.84. The van der Waals surface area contributed by atoms with Gasteiger partial charge in [-0.15, -0.1) is 0 Å². The fraction of sp³-hybridized carbons (Fsp3) is 0.182. The van der Waals surface area contributed by atoms with Gasteiger partial charge in [0.1, 0.15) is 5.52 Å². The Labute approximate surface area is 103 Å². The Bertz CT molecular complexity index is 550. The molecule has 0 aliphatic carbocycles. The van der Waals surface area contributed by atoms with Gasteiger partial charge in [0, 0.05) is 6.42 Å². The highest BCUT2D eigenvalue weighted by atomic mass is 16.4. The van der Waals surface area contributed by atoms with Gasteiger partial charge in [-0.3, -0.25) is 4.79 Å². The number of benzene rings is 1. The number of aliphatic carboxylic acids is 1. The molecule has 1 heterocycles. The number of anilines is 1. The number of urea groups is 1. The molecule has 2 rings (SSSR count). The highest BCUT2D eigenvalue weighted by Gasteiger charge is 2.03. The molecule has 2 aromatic rings. The summed E-state index contributed by atoms with van der Waals surface area (Å²) in [7, 11) is 0. The molecule has 0 atom stereocenters. The maximum Gasteiger partial charge on any atom is 0.316 e. The Kier molecular flexibility index (Phi) is 4.67. The summed E-state index contributed by atoms with van der Waals surface area (Å²) in [5, 5.41) is 10.2. The number of carboxylic acid groups (broad SMARTS) is 1. The van der Waals surface area contributed by atoms with Crippen LogP contribution in [0, 0.1) is 0 Å². The number of H-pyrrole nitrogens is 1. The highest BCUT2D eigenvalue weighted by molar-refractivity contribution is 5.97. The summed E-state index contributed by atoms with van der Waals surface area (Å²) in [6.45, 7) is 1.60. The third-order valence-corrected chi connectivity index (χ3v) is 2.01. The lowest BCUT2D eigenvalue weighted by Crippen LogP contribution is -2.19. The molecule has 0 saturated carbocycles. The molecular weight excluding hydrogens is 236 g/mol. The molecular formula is C11H14N4O3. The van der Waals surface area contributed by atoms with Crippen molar-refractivity contribution in [1.82, 2.24) is 9.97 Å². The van der Waals surface area contributed by atoms with Crippen LogP contribution in [0.2, 0.25) is 0 Å². The zero-order valence-electron chi connectivity index (χ0n) is 9.80. The molecule has 0 aliphatic rings. The van der Waals surface area contributed by atoms with Gasteiger partial charge < -0.3 is 21.1 Å². The Morgan fingerprint density at radius 3 is 2.72 bits per heavy atom. The van der Waals surface area contributed by atoms with Crippen LogP contribution in [-0.2, 0) is 4.79 Å². The van der Waals surface area contributed by atoms with Crippen LogP contribution in [-0.4, -0.2) is 27.1 Å². The first kappa shape index (κ1) is 13.5. The van der Waals surface area contributed by atoms with Gasteiger partial charge in [0.15, 0.2) is 0 Å². The lowest BCUT2D eigenvalue weighted by atomic mass is 10.3. The molecule has 0 unspecified atom stereocenters. The molecule has 1 aromatic heterocycles. The number of carbonyl (C=O) groups is 2. The first-order valence-corrected chi connectivity index (χ1v) is 5.25. The zero-order valence-corrected chi connectivity index (χ0v) is 9.80. The molecule has 5 N–H and O–H groups in total. The van der Waals surface area contributed by atoms with Gasteiger partial charge in [-0.25, -0.2) is 9.78 Å². The fourth-order valence-corrected chi connectivity index (χ4v) is 1.20. The second kappa shape index (κ2) is 6.24. The molecule has 18 heavy (non-hydrogen) atoms. The topological polar surface area (TPSA) is 121 Å². The number of rotatable bonds is 2. The van der Waals surface area contributed by atoms with E-state index in [9.17, 15) is 9.59 Å². The number of imidazole rings is 1. The van der Waals surface area contributed by atoms with Crippen LogP contribution in [0.5, 0.6) is 0 Å². The standard InChI is InChI=1S/C8H8N4O.C3H6O2/c9-8(13)12-6-3-1-2-5-7(6)11-4-10-5;1-2-3(4)5/h1-4H,(H,10,11)(H3,9,12,13);2H2,1H3,(H,4,5). The van der Waals surface area contributed by atoms with Gasteiger partial charge in [-0.2, -0.15) is 0 Å². The van der Waals surface area contributed by atoms with Gasteiger partial charge in [-0.05, 0) is 12.1 Å². The number of hydrogen-bond acceptors (Lipinski definition) is 3. The lowest BCUT2D eigenvalue weighted by molar-refractivity contribution is -0.136. The van der Waals surface area contributed by atoms with Crippen LogP contribution in [0.25, 0.3) is 11.0 Å². The van der Waals surface area contributed by atoms with Crippen molar-refractivity contribution in [2.75, 3.05) is 5.32 Å². The summed E-state index contributed by atoms with van der Waals surface area (Å²) >= 11 is 0. The first-order chi connectivity index (χ1) is 8.54. The van der Waals surface area contributed by atoms with Crippen LogP contribution in [0.15, 0.2) is 24.5 Å². The highest BCUT2D eigenvalue weighted by Crippen LogP contribution is 2.18. The van der Waals surface area contributed by atoms with E-state index < -0.39 is 12.0 Å². The molecule has 96 valence electrons. The normalized spacial score (nSPS) is 9.39. The van der Waals surface area contributed by atoms with Crippen molar-refractivity contribution in [2.24, 2.45) is 5.73 Å². The molecule has 0 bridgehead atoms. The van der Waals surface area contributed by atoms with Crippen molar-refractivity contribution in [1.29, 1.82) is 0 Å². The number of fused-ring (bicyclic) bond motifs is 1. The average molecular weight is 250 g/mol. The predicted molar refractivity (Wildman–Crippen MR) is 67.2 cm³/mol. The summed E-state index contributed by atoms with van der Waals surface area (Å²) in [4.78, 5) is 27.0. The molecule has 7 heteroatoms. The van der Waals surface area contributed by atoms with E-state index in [2.05, 4.69) is 15.3 Å². The van der Waals surface area contributed by atoms with Gasteiger partial charge in [-0.1, -0.05) is 13.0 Å². The number of nitrogens with one attached hydrogen (secondary N) is 2. The second-order valence-electron chi connectivity index (χ2n) is 3.34. The van der Waals surface area contributed by atoms with Crippen LogP contribution in [0.1, 0.15) is 13.3 Å². The SMILES string of the molecule is CCC(=O)O.NC(=O)Nc1cccc2[nH]cnc12. The first-order valence-electron chi connectivity index (χ1n) is 5.25. The van der Waals surface area contributed by atoms with E-state index in [1.807, 2.05) is 12.1 Å². The van der Waals surface area contributed by atoms with Crippen molar-refractivity contribution in [3.63, 3.8) is 0 Å². The Morgan fingerprint density at radius 1 is 1.50 bits per heavy atom. The van der Waals surface area contributed by atoms with Crippen molar-refractivity contribution in [2.45, 2.75) is 13.3 Å². The molecule has 0 radical (unpaired) electrons. The fourth-order valence-electron chi connectivity index (χ4n) is 1.20. The number of primary amides is 1. The molecule has 0 fully saturated rings. The third-order valence-electron chi connectivity index (χ3n) is 2.01. The number of hydrogen-bond donors (Lipinski definition) is 4. The molecule has 0 saturated heterocycles.